The van der Waals surface area contributed by atoms with Crippen molar-refractivity contribution in [2.24, 2.45) is 0 Å². The lowest BCUT2D eigenvalue weighted by atomic mass is 10.5. The molecule has 1 aromatic rings. The van der Waals surface area contributed by atoms with Crippen LogP contribution >= 0.6 is 0 Å². The SMILES string of the molecule is COC(=O)COc1cc[c]cn1. The maximum absolute atomic E-state index is 10.6. The van der Waals surface area contributed by atoms with Crippen molar-refractivity contribution in [1.82, 2.24) is 4.98 Å². The van der Waals surface area contributed by atoms with Crippen LogP contribution in [0.5, 0.6) is 5.88 Å². The molecule has 12 heavy (non-hydrogen) atoms. The van der Waals surface area contributed by atoms with Gasteiger partial charge in [0, 0.05) is 18.3 Å². The molecule has 1 heterocycles. The predicted molar refractivity (Wildman–Crippen MR) is 40.6 cm³/mol. The Bertz CT molecular complexity index is 248. The van der Waals surface area contributed by atoms with Crippen molar-refractivity contribution in [2.45, 2.75) is 0 Å². The predicted octanol–water partition coefficient (Wildman–Crippen LogP) is 0.434. The average Bonchev–Trinajstić information content (AvgIpc) is 2.16. The van der Waals surface area contributed by atoms with E-state index in [0.29, 0.717) is 5.88 Å². The van der Waals surface area contributed by atoms with E-state index in [1.54, 1.807) is 12.1 Å². The van der Waals surface area contributed by atoms with Crippen LogP contribution in [0.15, 0.2) is 18.3 Å². The van der Waals surface area contributed by atoms with Crippen molar-refractivity contribution < 1.29 is 14.3 Å². The molecule has 1 rings (SSSR count). The molecule has 0 unspecified atom stereocenters. The Hall–Kier alpha value is -1.58. The Morgan fingerprint density at radius 1 is 1.75 bits per heavy atom. The monoisotopic (exact) mass is 166 g/mol. The fourth-order valence-corrected chi connectivity index (χ4v) is 0.584. The van der Waals surface area contributed by atoms with Crippen LogP contribution < -0.4 is 4.74 Å². The number of methoxy groups -OCH3 is 1. The summed E-state index contributed by atoms with van der Waals surface area (Å²) in [6.07, 6.45) is 1.46. The van der Waals surface area contributed by atoms with Gasteiger partial charge < -0.3 is 9.47 Å². The van der Waals surface area contributed by atoms with E-state index in [2.05, 4.69) is 15.8 Å². The number of hydrogen-bond donors (Lipinski definition) is 0. The minimum absolute atomic E-state index is 0.118. The maximum atomic E-state index is 10.6. The molecule has 0 fully saturated rings. The fraction of sp³-hybridized carbons (Fsp3) is 0.250. The molecule has 0 aromatic carbocycles. The smallest absolute Gasteiger partial charge is 0.343 e. The van der Waals surface area contributed by atoms with Crippen molar-refractivity contribution >= 4 is 5.97 Å². The number of hydrogen-bond acceptors (Lipinski definition) is 4. The number of carbonyl (C=O) groups excluding carboxylic acids is 1. The highest BCUT2D eigenvalue weighted by Crippen LogP contribution is 2.01. The normalized spacial score (nSPS) is 9.08. The fourth-order valence-electron chi connectivity index (χ4n) is 0.584. The average molecular weight is 166 g/mol. The van der Waals surface area contributed by atoms with Gasteiger partial charge in [0.05, 0.1) is 7.11 Å². The van der Waals surface area contributed by atoms with Crippen LogP contribution in [-0.4, -0.2) is 24.7 Å². The first-order chi connectivity index (χ1) is 5.83. The molecule has 0 spiro atoms. The van der Waals surface area contributed by atoms with Gasteiger partial charge in [0.1, 0.15) is 0 Å². The maximum Gasteiger partial charge on any atom is 0.343 e. The van der Waals surface area contributed by atoms with Gasteiger partial charge in [0.25, 0.3) is 0 Å². The van der Waals surface area contributed by atoms with Gasteiger partial charge in [-0.15, -0.1) is 0 Å². The summed E-state index contributed by atoms with van der Waals surface area (Å²) in [5.74, 6) is -0.0382. The topological polar surface area (TPSA) is 48.4 Å². The van der Waals surface area contributed by atoms with E-state index >= 15 is 0 Å². The van der Waals surface area contributed by atoms with Crippen LogP contribution in [0.1, 0.15) is 0 Å². The lowest BCUT2D eigenvalue weighted by Gasteiger charge is -2.01. The second-order valence-electron chi connectivity index (χ2n) is 1.96. The van der Waals surface area contributed by atoms with Gasteiger partial charge in [0.2, 0.25) is 5.88 Å². The molecule has 0 aliphatic heterocycles. The second kappa shape index (κ2) is 4.33. The molecule has 1 radical (unpaired) electrons. The molecule has 0 aliphatic carbocycles. The first-order valence-electron chi connectivity index (χ1n) is 3.34. The molecule has 0 N–H and O–H groups in total. The lowest BCUT2D eigenvalue weighted by molar-refractivity contribution is -0.143. The third-order valence-corrected chi connectivity index (χ3v) is 1.15. The molecule has 0 saturated carbocycles. The first-order valence-corrected chi connectivity index (χ1v) is 3.34. The number of aromatic nitrogens is 1. The number of nitrogens with zero attached hydrogens (tertiary/aromatic N) is 1. The number of pyridine rings is 1. The zero-order chi connectivity index (χ0) is 8.81. The van der Waals surface area contributed by atoms with E-state index in [9.17, 15) is 4.79 Å². The van der Waals surface area contributed by atoms with Crippen molar-refractivity contribution in [2.75, 3.05) is 13.7 Å². The molecule has 4 heteroatoms. The molecule has 0 saturated heterocycles. The van der Waals surface area contributed by atoms with E-state index in [0.717, 1.165) is 0 Å². The molecule has 1 aromatic heterocycles. The van der Waals surface area contributed by atoms with Gasteiger partial charge in [-0.3, -0.25) is 0 Å². The van der Waals surface area contributed by atoms with Gasteiger partial charge in [0.15, 0.2) is 6.61 Å². The minimum atomic E-state index is -0.426. The second-order valence-corrected chi connectivity index (χ2v) is 1.96. The van der Waals surface area contributed by atoms with E-state index in [4.69, 9.17) is 4.74 Å². The molecule has 0 bridgehead atoms. The minimum Gasteiger partial charge on any atom is -0.466 e. The van der Waals surface area contributed by atoms with Gasteiger partial charge in [-0.25, -0.2) is 9.78 Å². The summed E-state index contributed by atoms with van der Waals surface area (Å²) in [5, 5.41) is 0. The van der Waals surface area contributed by atoms with Crippen molar-refractivity contribution in [3.63, 3.8) is 0 Å². The summed E-state index contributed by atoms with van der Waals surface area (Å²) < 4.78 is 9.33. The molecule has 0 amide bonds. The quantitative estimate of drug-likeness (QED) is 0.611. The summed E-state index contributed by atoms with van der Waals surface area (Å²) in [6, 6.07) is 5.99. The summed E-state index contributed by atoms with van der Waals surface area (Å²) >= 11 is 0. The highest BCUT2D eigenvalue weighted by molar-refractivity contribution is 5.70. The van der Waals surface area contributed by atoms with E-state index < -0.39 is 5.97 Å². The summed E-state index contributed by atoms with van der Waals surface area (Å²) in [5.41, 5.74) is 0. The molecule has 63 valence electrons. The largest absolute Gasteiger partial charge is 0.466 e. The third kappa shape index (κ3) is 2.57. The molecular formula is C8H8NO3. The summed E-state index contributed by atoms with van der Waals surface area (Å²) in [6.45, 7) is -0.118. The van der Waals surface area contributed by atoms with E-state index in [-0.39, 0.29) is 6.61 Å². The third-order valence-electron chi connectivity index (χ3n) is 1.15. The molecule has 0 atom stereocenters. The van der Waals surface area contributed by atoms with Crippen LogP contribution in [0, 0.1) is 6.07 Å². The van der Waals surface area contributed by atoms with Crippen LogP contribution in [0.4, 0.5) is 0 Å². The lowest BCUT2D eigenvalue weighted by Crippen LogP contribution is -2.12. The number of rotatable bonds is 3. The van der Waals surface area contributed by atoms with E-state index in [1.807, 2.05) is 0 Å². The van der Waals surface area contributed by atoms with Crippen LogP contribution in [0.25, 0.3) is 0 Å². The Morgan fingerprint density at radius 3 is 3.17 bits per heavy atom. The number of carbonyl (C=O) groups is 1. The number of ether oxygens (including phenoxy) is 2. The highest BCUT2D eigenvalue weighted by Gasteiger charge is 2.00. The summed E-state index contributed by atoms with van der Waals surface area (Å²) in [7, 11) is 1.30. The van der Waals surface area contributed by atoms with Gasteiger partial charge in [-0.05, 0) is 6.07 Å². The number of esters is 1. The zero-order valence-electron chi connectivity index (χ0n) is 6.61. The Kier molecular flexibility index (Phi) is 3.07. The van der Waals surface area contributed by atoms with Gasteiger partial charge in [-0.1, -0.05) is 0 Å². The summed E-state index contributed by atoms with van der Waals surface area (Å²) in [4.78, 5) is 14.4. The molecule has 4 nitrogen and oxygen atoms in total. The standard InChI is InChI=1S/C8H8NO3/c1-11-8(10)6-12-7-4-2-3-5-9-7/h2,4-5H,6H2,1H3. The van der Waals surface area contributed by atoms with Crippen molar-refractivity contribution in [3.05, 3.63) is 24.4 Å². The van der Waals surface area contributed by atoms with E-state index in [1.165, 1.54) is 13.3 Å². The Labute approximate surface area is 70.1 Å². The first kappa shape index (κ1) is 8.52. The van der Waals surface area contributed by atoms with Gasteiger partial charge in [-0.2, -0.15) is 0 Å². The van der Waals surface area contributed by atoms with Gasteiger partial charge >= 0.3 is 5.97 Å². The van der Waals surface area contributed by atoms with Crippen molar-refractivity contribution in [1.29, 1.82) is 0 Å². The van der Waals surface area contributed by atoms with Crippen molar-refractivity contribution in [3.8, 4) is 5.88 Å². The zero-order valence-corrected chi connectivity index (χ0v) is 6.61. The van der Waals surface area contributed by atoms with Crippen LogP contribution in [0.3, 0.4) is 0 Å². The molecule has 0 aliphatic rings. The van der Waals surface area contributed by atoms with Crippen LogP contribution in [-0.2, 0) is 9.53 Å². The van der Waals surface area contributed by atoms with Crippen LogP contribution in [0.2, 0.25) is 0 Å². The highest BCUT2D eigenvalue weighted by atomic mass is 16.6. The molecular weight excluding hydrogens is 158 g/mol. The Morgan fingerprint density at radius 2 is 2.58 bits per heavy atom. The Balaban J connectivity index is 2.38.